The van der Waals surface area contributed by atoms with E-state index < -0.39 is 5.97 Å². The zero-order chi connectivity index (χ0) is 14.8. The normalized spacial score (nSPS) is 11.7. The fourth-order valence-electron chi connectivity index (χ4n) is 1.50. The van der Waals surface area contributed by atoms with Gasteiger partial charge in [0.05, 0.1) is 16.3 Å². The Hall–Kier alpha value is -1.42. The van der Waals surface area contributed by atoms with Crippen LogP contribution in [-0.2, 0) is 0 Å². The number of nitrogens with one attached hydrogen (secondary N) is 1. The van der Waals surface area contributed by atoms with Crippen molar-refractivity contribution in [2.45, 2.75) is 27.7 Å². The molecular formula is C14H21ClN2O2. The van der Waals surface area contributed by atoms with Crippen LogP contribution in [0.1, 0.15) is 38.1 Å². The van der Waals surface area contributed by atoms with E-state index in [-0.39, 0.29) is 11.0 Å². The molecule has 19 heavy (non-hydrogen) atoms. The first-order valence-corrected chi connectivity index (χ1v) is 6.59. The minimum atomic E-state index is -1.04. The Labute approximate surface area is 118 Å². The van der Waals surface area contributed by atoms with Crippen molar-refractivity contribution in [3.63, 3.8) is 0 Å². The van der Waals surface area contributed by atoms with Crippen molar-refractivity contribution >= 4 is 28.9 Å². The van der Waals surface area contributed by atoms with Gasteiger partial charge in [-0.2, -0.15) is 0 Å². The molecule has 0 bridgehead atoms. The molecule has 5 heteroatoms. The lowest BCUT2D eigenvalue weighted by molar-refractivity contribution is 0.0698. The molecular weight excluding hydrogens is 264 g/mol. The summed E-state index contributed by atoms with van der Waals surface area (Å²) in [5.74, 6) is -0.583. The summed E-state index contributed by atoms with van der Waals surface area (Å²) < 4.78 is 0. The molecule has 0 saturated heterocycles. The Morgan fingerprint density at radius 2 is 2.05 bits per heavy atom. The predicted octanol–water partition coefficient (Wildman–Crippen LogP) is 3.71. The maximum atomic E-state index is 11.2. The summed E-state index contributed by atoms with van der Waals surface area (Å²) in [7, 11) is 0. The fraction of sp³-hybridized carbons (Fsp3) is 0.500. The topological polar surface area (TPSA) is 75.3 Å². The summed E-state index contributed by atoms with van der Waals surface area (Å²) in [5.41, 5.74) is 6.52. The monoisotopic (exact) mass is 284 g/mol. The Morgan fingerprint density at radius 3 is 2.53 bits per heavy atom. The second kappa shape index (κ2) is 5.70. The molecule has 1 aromatic carbocycles. The number of hydrogen-bond acceptors (Lipinski definition) is 3. The highest BCUT2D eigenvalue weighted by Gasteiger charge is 2.23. The van der Waals surface area contributed by atoms with E-state index in [4.69, 9.17) is 17.3 Å². The number of halogens is 1. The molecule has 0 aliphatic carbocycles. The van der Waals surface area contributed by atoms with Gasteiger partial charge in [-0.3, -0.25) is 0 Å². The Bertz CT molecular complexity index is 485. The molecule has 4 N–H and O–H groups in total. The number of carboxylic acid groups (broad SMARTS) is 1. The fourth-order valence-corrected chi connectivity index (χ4v) is 1.79. The van der Waals surface area contributed by atoms with Crippen molar-refractivity contribution in [3.05, 3.63) is 22.7 Å². The van der Waals surface area contributed by atoms with Crippen LogP contribution >= 0.6 is 11.6 Å². The third kappa shape index (κ3) is 3.77. The summed E-state index contributed by atoms with van der Waals surface area (Å²) >= 11 is 6.08. The number of anilines is 2. The quantitative estimate of drug-likeness (QED) is 0.721. The summed E-state index contributed by atoms with van der Waals surface area (Å²) in [5, 5.41) is 12.7. The predicted molar refractivity (Wildman–Crippen MR) is 79.9 cm³/mol. The second-order valence-corrected chi connectivity index (χ2v) is 6.13. The molecule has 0 saturated carbocycles. The Balaban J connectivity index is 3.04. The van der Waals surface area contributed by atoms with E-state index in [1.165, 1.54) is 6.07 Å². The average molecular weight is 285 g/mol. The van der Waals surface area contributed by atoms with E-state index in [0.717, 1.165) is 0 Å². The Kier molecular flexibility index (Phi) is 4.69. The molecule has 0 unspecified atom stereocenters. The van der Waals surface area contributed by atoms with Crippen LogP contribution in [-0.4, -0.2) is 17.6 Å². The highest BCUT2D eigenvalue weighted by molar-refractivity contribution is 6.34. The molecule has 0 atom stereocenters. The third-order valence-electron chi connectivity index (χ3n) is 3.63. The van der Waals surface area contributed by atoms with Crippen LogP contribution in [0.15, 0.2) is 12.1 Å². The van der Waals surface area contributed by atoms with Gasteiger partial charge in [-0.15, -0.1) is 0 Å². The van der Waals surface area contributed by atoms with Crippen molar-refractivity contribution in [1.82, 2.24) is 0 Å². The molecule has 0 aromatic heterocycles. The van der Waals surface area contributed by atoms with Crippen molar-refractivity contribution in [3.8, 4) is 0 Å². The van der Waals surface area contributed by atoms with E-state index in [1.807, 2.05) is 0 Å². The molecule has 0 spiro atoms. The highest BCUT2D eigenvalue weighted by Crippen LogP contribution is 2.32. The minimum absolute atomic E-state index is 0.0283. The van der Waals surface area contributed by atoms with Gasteiger partial charge in [-0.05, 0) is 23.5 Å². The number of carbonyl (C=O) groups is 1. The average Bonchev–Trinajstić information content (AvgIpc) is 2.26. The van der Waals surface area contributed by atoms with Crippen molar-refractivity contribution in [2.75, 3.05) is 17.6 Å². The van der Waals surface area contributed by atoms with Crippen LogP contribution in [0.3, 0.4) is 0 Å². The van der Waals surface area contributed by atoms with E-state index in [1.54, 1.807) is 6.07 Å². The minimum Gasteiger partial charge on any atom is -0.478 e. The molecule has 1 aromatic rings. The van der Waals surface area contributed by atoms with Crippen LogP contribution in [0, 0.1) is 11.3 Å². The summed E-state index contributed by atoms with van der Waals surface area (Å²) in [6.45, 7) is 9.13. The first-order valence-electron chi connectivity index (χ1n) is 6.21. The van der Waals surface area contributed by atoms with Crippen LogP contribution in [0.4, 0.5) is 11.4 Å². The molecule has 0 amide bonds. The smallest absolute Gasteiger partial charge is 0.337 e. The van der Waals surface area contributed by atoms with Gasteiger partial charge in [0, 0.05) is 12.2 Å². The van der Waals surface area contributed by atoms with Gasteiger partial charge in [-0.1, -0.05) is 39.3 Å². The standard InChI is InChI=1S/C14H21ClN2O2/c1-8(2)14(3,4)7-17-12-10(13(18)19)5-9(16)6-11(12)15/h5-6,8,17H,7,16H2,1-4H3,(H,18,19). The number of carboxylic acids is 1. The van der Waals surface area contributed by atoms with Gasteiger partial charge in [-0.25, -0.2) is 4.79 Å². The van der Waals surface area contributed by atoms with Gasteiger partial charge >= 0.3 is 5.97 Å². The molecule has 0 aliphatic heterocycles. The zero-order valence-corrected chi connectivity index (χ0v) is 12.5. The van der Waals surface area contributed by atoms with Gasteiger partial charge in [0.1, 0.15) is 0 Å². The third-order valence-corrected chi connectivity index (χ3v) is 3.92. The van der Waals surface area contributed by atoms with Gasteiger partial charge < -0.3 is 16.2 Å². The summed E-state index contributed by atoms with van der Waals surface area (Å²) in [4.78, 5) is 11.2. The zero-order valence-electron chi connectivity index (χ0n) is 11.7. The van der Waals surface area contributed by atoms with Crippen LogP contribution in [0.5, 0.6) is 0 Å². The lowest BCUT2D eigenvalue weighted by Gasteiger charge is -2.30. The molecule has 4 nitrogen and oxygen atoms in total. The summed E-state index contributed by atoms with van der Waals surface area (Å²) in [6, 6.07) is 2.97. The van der Waals surface area contributed by atoms with Gasteiger partial charge in [0.25, 0.3) is 0 Å². The number of hydrogen-bond donors (Lipinski definition) is 3. The van der Waals surface area contributed by atoms with E-state index in [9.17, 15) is 9.90 Å². The van der Waals surface area contributed by atoms with Crippen molar-refractivity contribution in [2.24, 2.45) is 11.3 Å². The van der Waals surface area contributed by atoms with E-state index >= 15 is 0 Å². The molecule has 0 aliphatic rings. The highest BCUT2D eigenvalue weighted by atomic mass is 35.5. The molecule has 0 radical (unpaired) electrons. The number of benzene rings is 1. The number of nitrogens with two attached hydrogens (primary N) is 1. The van der Waals surface area contributed by atoms with Gasteiger partial charge in [0.15, 0.2) is 0 Å². The van der Waals surface area contributed by atoms with Gasteiger partial charge in [0.2, 0.25) is 0 Å². The lowest BCUT2D eigenvalue weighted by Crippen LogP contribution is -2.29. The van der Waals surface area contributed by atoms with E-state index in [0.29, 0.717) is 28.9 Å². The second-order valence-electron chi connectivity index (χ2n) is 5.73. The van der Waals surface area contributed by atoms with Crippen molar-refractivity contribution < 1.29 is 9.90 Å². The summed E-state index contributed by atoms with van der Waals surface area (Å²) in [6.07, 6.45) is 0. The van der Waals surface area contributed by atoms with Crippen LogP contribution < -0.4 is 11.1 Å². The molecule has 1 rings (SSSR count). The maximum Gasteiger partial charge on any atom is 0.337 e. The number of aromatic carboxylic acids is 1. The molecule has 106 valence electrons. The Morgan fingerprint density at radius 1 is 1.47 bits per heavy atom. The van der Waals surface area contributed by atoms with Crippen molar-refractivity contribution in [1.29, 1.82) is 0 Å². The lowest BCUT2D eigenvalue weighted by atomic mass is 9.81. The van der Waals surface area contributed by atoms with E-state index in [2.05, 4.69) is 33.0 Å². The number of rotatable bonds is 5. The maximum absolute atomic E-state index is 11.2. The van der Waals surface area contributed by atoms with Crippen LogP contribution in [0.2, 0.25) is 5.02 Å². The largest absolute Gasteiger partial charge is 0.478 e. The first kappa shape index (κ1) is 15.6. The molecule has 0 heterocycles. The number of nitrogen functional groups attached to an aromatic ring is 1. The van der Waals surface area contributed by atoms with Crippen LogP contribution in [0.25, 0.3) is 0 Å². The first-order chi connectivity index (χ1) is 8.65. The molecule has 0 fully saturated rings. The SMILES string of the molecule is CC(C)C(C)(C)CNc1c(Cl)cc(N)cc1C(=O)O.